The molecule has 1 aromatic heterocycles. The number of aromatic amines is 1. The van der Waals surface area contributed by atoms with Crippen LogP contribution in [0.5, 0.6) is 5.88 Å². The molecule has 0 aliphatic carbocycles. The van der Waals surface area contributed by atoms with E-state index in [-0.39, 0.29) is 0 Å². The van der Waals surface area contributed by atoms with Crippen molar-refractivity contribution in [1.29, 1.82) is 0 Å². The second-order valence-corrected chi connectivity index (χ2v) is 2.84. The number of hydrogen-bond acceptors (Lipinski definition) is 2. The van der Waals surface area contributed by atoms with Gasteiger partial charge in [0.05, 0.1) is 12.2 Å². The van der Waals surface area contributed by atoms with E-state index < -0.39 is 0 Å². The lowest BCUT2D eigenvalue weighted by atomic mass is 10.1. The van der Waals surface area contributed by atoms with E-state index in [1.165, 1.54) is 0 Å². The minimum Gasteiger partial charge on any atom is -0.478 e. The Morgan fingerprint density at radius 1 is 1.36 bits per heavy atom. The van der Waals surface area contributed by atoms with Gasteiger partial charge in [0.15, 0.2) is 0 Å². The molecule has 3 nitrogen and oxygen atoms in total. The molecule has 2 rings (SSSR count). The maximum Gasteiger partial charge on any atom is 0.217 e. The fraction of sp³-hybridized carbons (Fsp3) is 0.182. The third-order valence-electron chi connectivity index (χ3n) is 1.90. The molecule has 0 saturated heterocycles. The van der Waals surface area contributed by atoms with Crippen LogP contribution >= 0.6 is 0 Å². The Morgan fingerprint density at radius 3 is 2.86 bits per heavy atom. The van der Waals surface area contributed by atoms with Gasteiger partial charge in [0, 0.05) is 0 Å². The molecule has 1 N–H and O–H groups in total. The molecular weight excluding hydrogens is 176 g/mol. The third kappa shape index (κ3) is 1.62. The van der Waals surface area contributed by atoms with Crippen LogP contribution in [0.25, 0.3) is 11.1 Å². The molecule has 14 heavy (non-hydrogen) atoms. The predicted octanol–water partition coefficient (Wildman–Crippen LogP) is 2.28. The molecule has 3 heteroatoms. The molecule has 0 unspecified atom stereocenters. The predicted molar refractivity (Wildman–Crippen MR) is 54.0 cm³/mol. The van der Waals surface area contributed by atoms with Gasteiger partial charge in [-0.3, -0.25) is 0 Å². The minimum atomic E-state index is 0.621. The molecule has 1 radical (unpaired) electrons. The first-order chi connectivity index (χ1) is 6.92. The summed E-state index contributed by atoms with van der Waals surface area (Å²) in [6.07, 6.45) is 2.88. The molecule has 0 saturated carbocycles. The topological polar surface area (TPSA) is 37.9 Å². The Kier molecular flexibility index (Phi) is 2.49. The summed E-state index contributed by atoms with van der Waals surface area (Å²) in [5.41, 5.74) is 1.94. The summed E-state index contributed by atoms with van der Waals surface area (Å²) in [5.74, 6) is 0.679. The van der Waals surface area contributed by atoms with Crippen LogP contribution in [0.2, 0.25) is 0 Å². The summed E-state index contributed by atoms with van der Waals surface area (Å²) in [7, 11) is 0. The highest BCUT2D eigenvalue weighted by atomic mass is 16.5. The summed E-state index contributed by atoms with van der Waals surface area (Å²) in [6.45, 7) is 2.56. The zero-order valence-corrected chi connectivity index (χ0v) is 7.95. The van der Waals surface area contributed by atoms with Crippen molar-refractivity contribution >= 4 is 0 Å². The Hall–Kier alpha value is -1.77. The first-order valence-corrected chi connectivity index (χ1v) is 4.56. The molecule has 71 valence electrons. The van der Waals surface area contributed by atoms with Crippen molar-refractivity contribution in [2.24, 2.45) is 0 Å². The van der Waals surface area contributed by atoms with Crippen LogP contribution in [0, 0.1) is 6.20 Å². The fourth-order valence-corrected chi connectivity index (χ4v) is 1.29. The molecule has 2 aromatic rings. The van der Waals surface area contributed by atoms with E-state index in [1.54, 1.807) is 0 Å². The van der Waals surface area contributed by atoms with Gasteiger partial charge in [-0.2, -0.15) is 5.10 Å². The van der Waals surface area contributed by atoms with Gasteiger partial charge in [0.1, 0.15) is 6.20 Å². The SMILES string of the molecule is CCOc1[nH]n[c]c1-c1ccccc1. The van der Waals surface area contributed by atoms with Crippen molar-refractivity contribution in [2.45, 2.75) is 6.92 Å². The zero-order valence-electron chi connectivity index (χ0n) is 7.95. The molecule has 0 spiro atoms. The molecular formula is C11H11N2O. The smallest absolute Gasteiger partial charge is 0.217 e. The van der Waals surface area contributed by atoms with Crippen LogP contribution < -0.4 is 4.74 Å². The van der Waals surface area contributed by atoms with Crippen LogP contribution in [-0.4, -0.2) is 16.8 Å². The van der Waals surface area contributed by atoms with Crippen molar-refractivity contribution in [3.8, 4) is 17.0 Å². The monoisotopic (exact) mass is 187 g/mol. The molecule has 0 aliphatic rings. The van der Waals surface area contributed by atoms with Gasteiger partial charge in [-0.15, -0.1) is 0 Å². The summed E-state index contributed by atoms with van der Waals surface area (Å²) >= 11 is 0. The lowest BCUT2D eigenvalue weighted by molar-refractivity contribution is 0.327. The number of benzene rings is 1. The highest BCUT2D eigenvalue weighted by Crippen LogP contribution is 2.26. The van der Waals surface area contributed by atoms with Gasteiger partial charge >= 0.3 is 0 Å². The van der Waals surface area contributed by atoms with Gasteiger partial charge in [-0.1, -0.05) is 30.3 Å². The Labute approximate surface area is 82.7 Å². The quantitative estimate of drug-likeness (QED) is 0.800. The summed E-state index contributed by atoms with van der Waals surface area (Å²) in [4.78, 5) is 0. The maximum atomic E-state index is 5.38. The zero-order chi connectivity index (χ0) is 9.80. The highest BCUT2D eigenvalue weighted by Gasteiger charge is 2.07. The largest absolute Gasteiger partial charge is 0.478 e. The Balaban J connectivity index is 2.37. The van der Waals surface area contributed by atoms with E-state index in [1.807, 2.05) is 37.3 Å². The van der Waals surface area contributed by atoms with Crippen LogP contribution in [0.3, 0.4) is 0 Å². The Morgan fingerprint density at radius 2 is 2.14 bits per heavy atom. The first-order valence-electron chi connectivity index (χ1n) is 4.56. The molecule has 0 aliphatic heterocycles. The van der Waals surface area contributed by atoms with E-state index in [4.69, 9.17) is 4.74 Å². The Bertz CT molecular complexity index is 395. The number of aromatic nitrogens is 2. The molecule has 1 heterocycles. The number of hydrogen-bond donors (Lipinski definition) is 1. The van der Waals surface area contributed by atoms with E-state index in [9.17, 15) is 0 Å². The van der Waals surface area contributed by atoms with E-state index in [0.29, 0.717) is 12.5 Å². The number of nitrogens with zero attached hydrogens (tertiary/aromatic N) is 1. The average molecular weight is 187 g/mol. The standard InChI is InChI=1S/C11H11N2O/c1-2-14-11-10(8-12-13-11)9-6-4-3-5-7-9/h3-7H,2H2,1H3,(H,12,13). The van der Waals surface area contributed by atoms with Gasteiger partial charge in [0.25, 0.3) is 0 Å². The van der Waals surface area contributed by atoms with Crippen LogP contribution in [0.15, 0.2) is 30.3 Å². The normalized spacial score (nSPS) is 10.1. The van der Waals surface area contributed by atoms with Crippen molar-refractivity contribution < 1.29 is 4.74 Å². The fourth-order valence-electron chi connectivity index (χ4n) is 1.29. The summed E-state index contributed by atoms with van der Waals surface area (Å²) in [5, 5.41) is 6.62. The maximum absolute atomic E-state index is 5.38. The van der Waals surface area contributed by atoms with E-state index >= 15 is 0 Å². The number of rotatable bonds is 3. The number of ether oxygens (including phenoxy) is 1. The van der Waals surface area contributed by atoms with E-state index in [0.717, 1.165) is 11.1 Å². The van der Waals surface area contributed by atoms with Gasteiger partial charge in [0.2, 0.25) is 5.88 Å². The lowest BCUT2D eigenvalue weighted by Crippen LogP contribution is -1.93. The highest BCUT2D eigenvalue weighted by molar-refractivity contribution is 5.66. The first kappa shape index (κ1) is 8.81. The van der Waals surface area contributed by atoms with Crippen molar-refractivity contribution in [3.63, 3.8) is 0 Å². The number of H-pyrrole nitrogens is 1. The molecule has 0 amide bonds. The molecule has 0 atom stereocenters. The summed E-state index contributed by atoms with van der Waals surface area (Å²) in [6, 6.07) is 9.94. The molecule has 0 fully saturated rings. The van der Waals surface area contributed by atoms with E-state index in [2.05, 4.69) is 16.4 Å². The third-order valence-corrected chi connectivity index (χ3v) is 1.90. The molecule has 0 bridgehead atoms. The van der Waals surface area contributed by atoms with Crippen LogP contribution in [0.4, 0.5) is 0 Å². The minimum absolute atomic E-state index is 0.621. The van der Waals surface area contributed by atoms with Crippen molar-refractivity contribution in [3.05, 3.63) is 36.5 Å². The van der Waals surface area contributed by atoms with Gasteiger partial charge < -0.3 is 4.74 Å². The second-order valence-electron chi connectivity index (χ2n) is 2.84. The van der Waals surface area contributed by atoms with Crippen LogP contribution in [0.1, 0.15) is 6.92 Å². The average Bonchev–Trinajstić information content (AvgIpc) is 2.68. The molecule has 1 aromatic carbocycles. The van der Waals surface area contributed by atoms with Gasteiger partial charge in [-0.25, -0.2) is 5.10 Å². The summed E-state index contributed by atoms with van der Waals surface area (Å²) < 4.78 is 5.38. The van der Waals surface area contributed by atoms with Crippen LogP contribution in [-0.2, 0) is 0 Å². The van der Waals surface area contributed by atoms with Gasteiger partial charge in [-0.05, 0) is 12.5 Å². The lowest BCUT2D eigenvalue weighted by Gasteiger charge is -2.02. The van der Waals surface area contributed by atoms with Crippen molar-refractivity contribution in [1.82, 2.24) is 10.2 Å². The van der Waals surface area contributed by atoms with Crippen molar-refractivity contribution in [2.75, 3.05) is 6.61 Å². The number of nitrogens with one attached hydrogen (secondary N) is 1. The second kappa shape index (κ2) is 3.96.